The molecule has 0 saturated carbocycles. The van der Waals surface area contributed by atoms with Crippen molar-refractivity contribution in [3.05, 3.63) is 211 Å². The molecule has 264 valence electrons. The first-order chi connectivity index (χ1) is 27.5. The van der Waals surface area contributed by atoms with E-state index < -0.39 is 0 Å². The highest BCUT2D eigenvalue weighted by molar-refractivity contribution is 6.17. The van der Waals surface area contributed by atoms with Crippen LogP contribution in [0.1, 0.15) is 25.0 Å². The van der Waals surface area contributed by atoms with E-state index in [4.69, 9.17) is 0 Å². The van der Waals surface area contributed by atoms with Crippen molar-refractivity contribution < 1.29 is 0 Å². The highest BCUT2D eigenvalue weighted by atomic mass is 15.1. The van der Waals surface area contributed by atoms with Gasteiger partial charge >= 0.3 is 0 Å². The number of hydrogen-bond donors (Lipinski definition) is 0. The van der Waals surface area contributed by atoms with Crippen LogP contribution in [-0.4, -0.2) is 0 Å². The van der Waals surface area contributed by atoms with Crippen molar-refractivity contribution in [3.8, 4) is 33.4 Å². The summed E-state index contributed by atoms with van der Waals surface area (Å²) in [5, 5.41) is 10.2. The van der Waals surface area contributed by atoms with Gasteiger partial charge in [-0.1, -0.05) is 166 Å². The highest BCUT2D eigenvalue weighted by Gasteiger charge is 2.35. The molecule has 1 aliphatic rings. The minimum atomic E-state index is -0.0914. The van der Waals surface area contributed by atoms with Crippen molar-refractivity contribution in [2.45, 2.75) is 19.3 Å². The predicted octanol–water partition coefficient (Wildman–Crippen LogP) is 15.4. The van der Waals surface area contributed by atoms with Crippen LogP contribution < -0.4 is 4.90 Å². The second-order valence-corrected chi connectivity index (χ2v) is 15.8. The molecular weight excluding hydrogens is 675 g/mol. The van der Waals surface area contributed by atoms with Gasteiger partial charge in [0.15, 0.2) is 0 Å². The fourth-order valence-corrected chi connectivity index (χ4v) is 9.26. The van der Waals surface area contributed by atoms with Gasteiger partial charge in [-0.25, -0.2) is 0 Å². The number of nitrogens with zero attached hydrogens (tertiary/aromatic N) is 1. The maximum absolute atomic E-state index is 2.41. The molecule has 10 aromatic carbocycles. The third-order valence-corrected chi connectivity index (χ3v) is 12.2. The largest absolute Gasteiger partial charge is 0.310 e. The van der Waals surface area contributed by atoms with Gasteiger partial charge < -0.3 is 4.90 Å². The van der Waals surface area contributed by atoms with Gasteiger partial charge in [-0.15, -0.1) is 0 Å². The van der Waals surface area contributed by atoms with Crippen molar-refractivity contribution in [2.24, 2.45) is 0 Å². The van der Waals surface area contributed by atoms with Gasteiger partial charge in [0.1, 0.15) is 0 Å². The molecule has 0 fully saturated rings. The van der Waals surface area contributed by atoms with Gasteiger partial charge in [0.05, 0.1) is 0 Å². The summed E-state index contributed by atoms with van der Waals surface area (Å²) in [6, 6.07) is 74.0. The molecule has 0 spiro atoms. The molecule has 0 heterocycles. The Bertz CT molecular complexity index is 3150. The van der Waals surface area contributed by atoms with Crippen molar-refractivity contribution in [1.29, 1.82) is 0 Å². The van der Waals surface area contributed by atoms with Gasteiger partial charge in [-0.2, -0.15) is 0 Å². The van der Waals surface area contributed by atoms with Crippen LogP contribution in [0.25, 0.3) is 76.5 Å². The minimum absolute atomic E-state index is 0.0914. The molecule has 11 rings (SSSR count). The van der Waals surface area contributed by atoms with E-state index in [1.165, 1.54) is 87.6 Å². The first kappa shape index (κ1) is 32.5. The summed E-state index contributed by atoms with van der Waals surface area (Å²) in [5.74, 6) is 0. The predicted molar refractivity (Wildman–Crippen MR) is 240 cm³/mol. The number of hydrogen-bond acceptors (Lipinski definition) is 1. The minimum Gasteiger partial charge on any atom is -0.310 e. The lowest BCUT2D eigenvalue weighted by Gasteiger charge is -2.28. The lowest BCUT2D eigenvalue weighted by Crippen LogP contribution is -2.16. The van der Waals surface area contributed by atoms with E-state index in [1.807, 2.05) is 0 Å². The highest BCUT2D eigenvalue weighted by Crippen LogP contribution is 2.50. The molecule has 0 N–H and O–H groups in total. The van der Waals surface area contributed by atoms with E-state index in [2.05, 4.69) is 219 Å². The van der Waals surface area contributed by atoms with Crippen LogP contribution in [0.4, 0.5) is 17.1 Å². The van der Waals surface area contributed by atoms with E-state index in [9.17, 15) is 0 Å². The lowest BCUT2D eigenvalue weighted by molar-refractivity contribution is 0.660. The molecule has 1 aliphatic carbocycles. The Hall–Kier alpha value is -6.96. The number of fused-ring (bicyclic) bond motifs is 9. The summed E-state index contributed by atoms with van der Waals surface area (Å²) in [5.41, 5.74) is 13.6. The standard InChI is InChI=1S/C55H39N/c1-55(2)53-14-8-7-13-51(53)52-32-28-46(35-54(52)55)56(44-24-17-37(18-25-44)41-16-15-36-9-3-4-11-40(36)33-41)45-26-19-38(20-27-45)42-22-29-48-43(34-42)23-31-49-47-12-6-5-10-39(47)21-30-50(48)49/h3-35H,1-2H3. The molecule has 56 heavy (non-hydrogen) atoms. The van der Waals surface area contributed by atoms with Crippen LogP contribution in [0.15, 0.2) is 200 Å². The van der Waals surface area contributed by atoms with Gasteiger partial charge in [-0.3, -0.25) is 0 Å². The molecule has 0 bridgehead atoms. The third-order valence-electron chi connectivity index (χ3n) is 12.2. The lowest BCUT2D eigenvalue weighted by atomic mass is 9.82. The monoisotopic (exact) mass is 713 g/mol. The summed E-state index contributed by atoms with van der Waals surface area (Å²) in [6.07, 6.45) is 0. The van der Waals surface area contributed by atoms with Gasteiger partial charge in [0.25, 0.3) is 0 Å². The zero-order valence-corrected chi connectivity index (χ0v) is 31.5. The number of benzene rings is 10. The van der Waals surface area contributed by atoms with Crippen molar-refractivity contribution in [3.63, 3.8) is 0 Å². The molecular formula is C55H39N. The molecule has 0 radical (unpaired) electrons. The molecule has 10 aromatic rings. The maximum atomic E-state index is 2.41. The zero-order chi connectivity index (χ0) is 37.4. The van der Waals surface area contributed by atoms with E-state index >= 15 is 0 Å². The van der Waals surface area contributed by atoms with Crippen LogP contribution in [-0.2, 0) is 5.41 Å². The number of rotatable bonds is 5. The molecule has 0 amide bonds. The van der Waals surface area contributed by atoms with Gasteiger partial charge in [-0.05, 0) is 136 Å². The van der Waals surface area contributed by atoms with Gasteiger partial charge in [0, 0.05) is 22.5 Å². The van der Waals surface area contributed by atoms with Crippen LogP contribution in [0.5, 0.6) is 0 Å². The van der Waals surface area contributed by atoms with Crippen LogP contribution in [0, 0.1) is 0 Å². The van der Waals surface area contributed by atoms with Crippen LogP contribution in [0.3, 0.4) is 0 Å². The van der Waals surface area contributed by atoms with Gasteiger partial charge in [0.2, 0.25) is 0 Å². The van der Waals surface area contributed by atoms with E-state index in [0.29, 0.717) is 0 Å². The fourth-order valence-electron chi connectivity index (χ4n) is 9.26. The third kappa shape index (κ3) is 5.16. The smallest absolute Gasteiger partial charge is 0.0465 e. The molecule has 1 nitrogen and oxygen atoms in total. The molecule has 0 aliphatic heterocycles. The number of anilines is 3. The zero-order valence-electron chi connectivity index (χ0n) is 31.5. The van der Waals surface area contributed by atoms with Crippen molar-refractivity contribution >= 4 is 60.2 Å². The Morgan fingerprint density at radius 3 is 1.52 bits per heavy atom. The van der Waals surface area contributed by atoms with Crippen LogP contribution >= 0.6 is 0 Å². The topological polar surface area (TPSA) is 3.24 Å². The Morgan fingerprint density at radius 1 is 0.304 bits per heavy atom. The summed E-state index contributed by atoms with van der Waals surface area (Å²) >= 11 is 0. The normalized spacial score (nSPS) is 13.0. The summed E-state index contributed by atoms with van der Waals surface area (Å²) in [4.78, 5) is 2.41. The fraction of sp³-hybridized carbons (Fsp3) is 0.0545. The molecule has 1 heteroatoms. The second-order valence-electron chi connectivity index (χ2n) is 15.8. The van der Waals surface area contributed by atoms with E-state index in [0.717, 1.165) is 17.1 Å². The Morgan fingerprint density at radius 2 is 0.786 bits per heavy atom. The second kappa shape index (κ2) is 12.5. The molecule has 0 saturated heterocycles. The molecule has 0 atom stereocenters. The SMILES string of the molecule is CC1(C)c2ccccc2-c2ccc(N(c3ccc(-c4ccc5ccccc5c4)cc3)c3ccc(-c4ccc5c(ccc6c7ccccc7ccc56)c4)cc3)cc21. The van der Waals surface area contributed by atoms with Crippen molar-refractivity contribution in [1.82, 2.24) is 0 Å². The maximum Gasteiger partial charge on any atom is 0.0465 e. The first-order valence-corrected chi connectivity index (χ1v) is 19.6. The molecule has 0 aromatic heterocycles. The first-order valence-electron chi connectivity index (χ1n) is 19.6. The summed E-state index contributed by atoms with van der Waals surface area (Å²) < 4.78 is 0. The summed E-state index contributed by atoms with van der Waals surface area (Å²) in [6.45, 7) is 4.71. The molecule has 0 unspecified atom stereocenters. The van der Waals surface area contributed by atoms with Crippen molar-refractivity contribution in [2.75, 3.05) is 4.90 Å². The van der Waals surface area contributed by atoms with E-state index in [-0.39, 0.29) is 5.41 Å². The Labute approximate surface area is 327 Å². The quantitative estimate of drug-likeness (QED) is 0.161. The average Bonchev–Trinajstić information content (AvgIpc) is 3.49. The van der Waals surface area contributed by atoms with Crippen LogP contribution in [0.2, 0.25) is 0 Å². The summed E-state index contributed by atoms with van der Waals surface area (Å²) in [7, 11) is 0. The Balaban J connectivity index is 0.988. The van der Waals surface area contributed by atoms with E-state index in [1.54, 1.807) is 0 Å². The Kier molecular flexibility index (Phi) is 7.28. The average molecular weight is 714 g/mol.